The van der Waals surface area contributed by atoms with Crippen molar-refractivity contribution in [2.45, 2.75) is 51.6 Å². The first-order valence-electron chi connectivity index (χ1n) is 7.61. The van der Waals surface area contributed by atoms with Crippen molar-refractivity contribution in [1.29, 1.82) is 0 Å². The maximum Gasteiger partial charge on any atom is 0.230 e. The maximum absolute atomic E-state index is 5.65. The molecule has 2 fully saturated rings. The summed E-state index contributed by atoms with van der Waals surface area (Å²) in [5.41, 5.74) is 0. The summed E-state index contributed by atoms with van der Waals surface area (Å²) in [5, 5.41) is 11.7. The van der Waals surface area contributed by atoms with Gasteiger partial charge in [0, 0.05) is 19.0 Å². The lowest BCUT2D eigenvalue weighted by atomic mass is 9.97. The summed E-state index contributed by atoms with van der Waals surface area (Å²) in [4.78, 5) is 2.56. The fourth-order valence-corrected chi connectivity index (χ4v) is 2.85. The maximum atomic E-state index is 5.65. The van der Waals surface area contributed by atoms with Crippen LogP contribution in [0.1, 0.15) is 44.4 Å². The Kier molecular flexibility index (Phi) is 4.13. The molecule has 19 heavy (non-hydrogen) atoms. The van der Waals surface area contributed by atoms with Gasteiger partial charge in [0.25, 0.3) is 0 Å². The summed E-state index contributed by atoms with van der Waals surface area (Å²) >= 11 is 0. The molecule has 5 nitrogen and oxygen atoms in total. The van der Waals surface area contributed by atoms with E-state index < -0.39 is 0 Å². The first-order chi connectivity index (χ1) is 9.35. The molecule has 2 aliphatic rings. The van der Waals surface area contributed by atoms with Crippen LogP contribution in [0.5, 0.6) is 0 Å². The molecule has 0 aromatic carbocycles. The van der Waals surface area contributed by atoms with E-state index in [1.54, 1.807) is 0 Å². The number of aromatic nitrogens is 2. The molecule has 1 saturated carbocycles. The van der Waals surface area contributed by atoms with E-state index in [0.29, 0.717) is 0 Å². The zero-order valence-electron chi connectivity index (χ0n) is 11.8. The molecule has 1 aromatic heterocycles. The fraction of sp³-hybridized carbons (Fsp3) is 0.857. The highest BCUT2D eigenvalue weighted by Crippen LogP contribution is 2.30. The third kappa shape index (κ3) is 3.54. The first-order valence-corrected chi connectivity index (χ1v) is 7.61. The van der Waals surface area contributed by atoms with Crippen LogP contribution in [0.3, 0.4) is 0 Å². The summed E-state index contributed by atoms with van der Waals surface area (Å²) in [7, 11) is 0. The van der Waals surface area contributed by atoms with E-state index in [2.05, 4.69) is 20.4 Å². The zero-order chi connectivity index (χ0) is 13.1. The van der Waals surface area contributed by atoms with Gasteiger partial charge in [-0.3, -0.25) is 4.90 Å². The Morgan fingerprint density at radius 2 is 1.89 bits per heavy atom. The Hall–Kier alpha value is -0.940. The van der Waals surface area contributed by atoms with Crippen molar-refractivity contribution >= 4 is 0 Å². The molecule has 5 heteroatoms. The minimum Gasteiger partial charge on any atom is -0.424 e. The summed E-state index contributed by atoms with van der Waals surface area (Å²) in [6.07, 6.45) is 6.09. The normalized spacial score (nSPS) is 21.2. The van der Waals surface area contributed by atoms with E-state index in [9.17, 15) is 0 Å². The van der Waals surface area contributed by atoms with Gasteiger partial charge in [-0.1, -0.05) is 6.92 Å². The van der Waals surface area contributed by atoms with Gasteiger partial charge in [-0.2, -0.15) is 0 Å². The molecule has 1 aromatic rings. The Labute approximate surface area is 114 Å². The van der Waals surface area contributed by atoms with E-state index >= 15 is 0 Å². The molecule has 0 amide bonds. The highest BCUT2D eigenvalue weighted by Gasteiger charge is 2.31. The molecule has 106 valence electrons. The minimum atomic E-state index is 0.756. The molecule has 0 unspecified atom stereocenters. The second-order valence-electron chi connectivity index (χ2n) is 5.80. The van der Waals surface area contributed by atoms with Crippen LogP contribution in [-0.4, -0.2) is 40.8 Å². The average molecular weight is 264 g/mol. The van der Waals surface area contributed by atoms with Crippen LogP contribution < -0.4 is 5.32 Å². The molecule has 0 spiro atoms. The zero-order valence-corrected chi connectivity index (χ0v) is 11.8. The Morgan fingerprint density at radius 3 is 2.53 bits per heavy atom. The van der Waals surface area contributed by atoms with Crippen molar-refractivity contribution < 1.29 is 4.42 Å². The topological polar surface area (TPSA) is 54.2 Å². The molecule has 2 heterocycles. The molecule has 1 N–H and O–H groups in total. The summed E-state index contributed by atoms with van der Waals surface area (Å²) in [6.45, 7) is 6.41. The number of piperidine rings is 1. The molecule has 3 rings (SSSR count). The number of nitrogens with one attached hydrogen (secondary N) is 1. The predicted molar refractivity (Wildman–Crippen MR) is 72.7 cm³/mol. The molecule has 0 radical (unpaired) electrons. The monoisotopic (exact) mass is 264 g/mol. The Balaban J connectivity index is 1.57. The molecule has 1 aliphatic carbocycles. The quantitative estimate of drug-likeness (QED) is 0.845. The van der Waals surface area contributed by atoms with E-state index in [1.165, 1.54) is 45.3 Å². The highest BCUT2D eigenvalue weighted by atomic mass is 16.4. The molecule has 1 aliphatic heterocycles. The van der Waals surface area contributed by atoms with Crippen LogP contribution in [0.4, 0.5) is 0 Å². The predicted octanol–water partition coefficient (Wildman–Crippen LogP) is 1.60. The van der Waals surface area contributed by atoms with Crippen molar-refractivity contribution in [3.8, 4) is 0 Å². The Morgan fingerprint density at radius 1 is 1.16 bits per heavy atom. The smallest absolute Gasteiger partial charge is 0.230 e. The van der Waals surface area contributed by atoms with Crippen molar-refractivity contribution in [3.05, 3.63) is 11.8 Å². The summed E-state index contributed by atoms with van der Waals surface area (Å²) < 4.78 is 5.65. The molecule has 0 bridgehead atoms. The third-order valence-electron chi connectivity index (χ3n) is 4.16. The number of nitrogens with zero attached hydrogens (tertiary/aromatic N) is 3. The van der Waals surface area contributed by atoms with E-state index in [1.807, 2.05) is 6.92 Å². The minimum absolute atomic E-state index is 0.756. The van der Waals surface area contributed by atoms with Crippen molar-refractivity contribution in [3.63, 3.8) is 0 Å². The lowest BCUT2D eigenvalue weighted by Crippen LogP contribution is -2.37. The molecular formula is C14H24N4O. The second kappa shape index (κ2) is 6.01. The van der Waals surface area contributed by atoms with Crippen molar-refractivity contribution in [2.24, 2.45) is 5.92 Å². The van der Waals surface area contributed by atoms with E-state index in [-0.39, 0.29) is 0 Å². The van der Waals surface area contributed by atoms with Gasteiger partial charge in [-0.15, -0.1) is 10.2 Å². The largest absolute Gasteiger partial charge is 0.424 e. The van der Waals surface area contributed by atoms with Crippen molar-refractivity contribution in [1.82, 2.24) is 20.4 Å². The van der Waals surface area contributed by atoms with Crippen LogP contribution in [-0.2, 0) is 13.0 Å². The van der Waals surface area contributed by atoms with Gasteiger partial charge < -0.3 is 9.73 Å². The van der Waals surface area contributed by atoms with Gasteiger partial charge in [0.05, 0.1) is 6.54 Å². The summed E-state index contributed by atoms with van der Waals surface area (Å²) in [5.74, 6) is 2.38. The van der Waals surface area contributed by atoms with Crippen LogP contribution in [0.25, 0.3) is 0 Å². The fourth-order valence-electron chi connectivity index (χ4n) is 2.85. The van der Waals surface area contributed by atoms with Gasteiger partial charge in [0.1, 0.15) is 0 Å². The van der Waals surface area contributed by atoms with Crippen LogP contribution in [0.2, 0.25) is 0 Å². The van der Waals surface area contributed by atoms with Crippen LogP contribution >= 0.6 is 0 Å². The highest BCUT2D eigenvalue weighted by molar-refractivity contribution is 4.90. The van der Waals surface area contributed by atoms with Gasteiger partial charge in [-0.25, -0.2) is 0 Å². The second-order valence-corrected chi connectivity index (χ2v) is 5.80. The Bertz CT molecular complexity index is 396. The standard InChI is InChI=1S/C14H24N4O/c1-2-13-16-17-14(19-13)10-18(12-3-4-12)9-11-5-7-15-8-6-11/h11-12,15H,2-10H2,1H3. The molecule has 0 atom stereocenters. The molecule has 1 saturated heterocycles. The summed E-state index contributed by atoms with van der Waals surface area (Å²) in [6, 6.07) is 0.756. The average Bonchev–Trinajstić information content (AvgIpc) is 3.20. The lowest BCUT2D eigenvalue weighted by Gasteiger charge is -2.29. The van der Waals surface area contributed by atoms with Gasteiger partial charge >= 0.3 is 0 Å². The van der Waals surface area contributed by atoms with E-state index in [0.717, 1.165) is 36.7 Å². The van der Waals surface area contributed by atoms with Crippen LogP contribution in [0.15, 0.2) is 4.42 Å². The number of hydrogen-bond acceptors (Lipinski definition) is 5. The van der Waals surface area contributed by atoms with E-state index in [4.69, 9.17) is 4.42 Å². The number of rotatable bonds is 6. The lowest BCUT2D eigenvalue weighted by molar-refractivity contribution is 0.174. The van der Waals surface area contributed by atoms with Gasteiger partial charge in [0.2, 0.25) is 11.8 Å². The van der Waals surface area contributed by atoms with Gasteiger partial charge in [0.15, 0.2) is 0 Å². The van der Waals surface area contributed by atoms with Gasteiger partial charge in [-0.05, 0) is 44.7 Å². The first kappa shape index (κ1) is 13.1. The van der Waals surface area contributed by atoms with Crippen molar-refractivity contribution in [2.75, 3.05) is 19.6 Å². The molecular weight excluding hydrogens is 240 g/mol. The third-order valence-corrected chi connectivity index (χ3v) is 4.16. The van der Waals surface area contributed by atoms with Crippen LogP contribution in [0, 0.1) is 5.92 Å². The number of hydrogen-bond donors (Lipinski definition) is 1. The SMILES string of the molecule is CCc1nnc(CN(CC2CCNCC2)C2CC2)o1. The number of aryl methyl sites for hydroxylation is 1.